The molecule has 0 aromatic carbocycles. The summed E-state index contributed by atoms with van der Waals surface area (Å²) in [6.45, 7) is 2.04. The quantitative estimate of drug-likeness (QED) is 0.627. The van der Waals surface area contributed by atoms with Crippen LogP contribution in [-0.4, -0.2) is 25.4 Å². The minimum atomic E-state index is -0.346. The molecule has 0 bridgehead atoms. The van der Waals surface area contributed by atoms with E-state index in [1.165, 1.54) is 0 Å². The van der Waals surface area contributed by atoms with Gasteiger partial charge in [0.1, 0.15) is 0 Å². The molecule has 0 saturated heterocycles. The molecule has 0 radical (unpaired) electrons. The molecule has 0 spiro atoms. The Morgan fingerprint density at radius 2 is 2.17 bits per heavy atom. The lowest BCUT2D eigenvalue weighted by Crippen LogP contribution is -1.94. The van der Waals surface area contributed by atoms with Crippen LogP contribution in [0, 0.1) is 0 Å². The third-order valence-corrected chi connectivity index (χ3v) is 2.93. The van der Waals surface area contributed by atoms with Crippen LogP contribution < -0.4 is 0 Å². The first-order chi connectivity index (χ1) is 5.66. The SMILES string of the molecule is CC1Cc2nc(O)nc(O)c2S1. The highest BCUT2D eigenvalue weighted by molar-refractivity contribution is 8.00. The van der Waals surface area contributed by atoms with Crippen molar-refractivity contribution in [3.63, 3.8) is 0 Å². The lowest BCUT2D eigenvalue weighted by atomic mass is 10.2. The first kappa shape index (κ1) is 7.67. The van der Waals surface area contributed by atoms with E-state index >= 15 is 0 Å². The third-order valence-electron chi connectivity index (χ3n) is 1.71. The van der Waals surface area contributed by atoms with Gasteiger partial charge in [0, 0.05) is 11.7 Å². The van der Waals surface area contributed by atoms with Crippen molar-refractivity contribution in [1.29, 1.82) is 0 Å². The Morgan fingerprint density at radius 1 is 1.42 bits per heavy atom. The molecule has 12 heavy (non-hydrogen) atoms. The molecular weight excluding hydrogens is 176 g/mol. The molecule has 1 aliphatic rings. The number of aromatic hydroxyl groups is 2. The van der Waals surface area contributed by atoms with Gasteiger partial charge in [0.25, 0.3) is 0 Å². The summed E-state index contributed by atoms with van der Waals surface area (Å²) in [6.07, 6.45) is 0.781. The lowest BCUT2D eigenvalue weighted by Gasteiger charge is -1.98. The Bertz CT molecular complexity index is 329. The molecule has 1 atom stereocenters. The van der Waals surface area contributed by atoms with Gasteiger partial charge in [-0.15, -0.1) is 11.8 Å². The molecule has 2 rings (SSSR count). The van der Waals surface area contributed by atoms with E-state index in [4.69, 9.17) is 5.11 Å². The zero-order valence-electron chi connectivity index (χ0n) is 6.48. The lowest BCUT2D eigenvalue weighted by molar-refractivity contribution is 0.386. The largest absolute Gasteiger partial charge is 0.492 e. The van der Waals surface area contributed by atoms with E-state index in [0.717, 1.165) is 12.1 Å². The van der Waals surface area contributed by atoms with E-state index < -0.39 is 0 Å². The van der Waals surface area contributed by atoms with Gasteiger partial charge in [-0.25, -0.2) is 0 Å². The van der Waals surface area contributed by atoms with Crippen molar-refractivity contribution < 1.29 is 10.2 Å². The van der Waals surface area contributed by atoms with Crippen LogP contribution >= 0.6 is 11.8 Å². The molecular formula is C7H8N2O2S. The normalized spacial score (nSPS) is 20.9. The standard InChI is InChI=1S/C7H8N2O2S/c1-3-2-4-5(12-3)6(10)9-7(11)8-4/h3H,2H2,1H3,(H2,8,9,10,11). The summed E-state index contributed by atoms with van der Waals surface area (Å²) in [6, 6.07) is -0.346. The zero-order chi connectivity index (χ0) is 8.72. The molecule has 1 aromatic heterocycles. The highest BCUT2D eigenvalue weighted by Gasteiger charge is 2.24. The molecule has 0 saturated carbocycles. The van der Waals surface area contributed by atoms with Gasteiger partial charge in [0.05, 0.1) is 10.6 Å². The summed E-state index contributed by atoms with van der Waals surface area (Å²) in [5, 5.41) is 18.7. The number of hydrogen-bond acceptors (Lipinski definition) is 5. The van der Waals surface area contributed by atoms with Gasteiger partial charge < -0.3 is 10.2 Å². The number of rotatable bonds is 0. The second kappa shape index (κ2) is 2.52. The maximum absolute atomic E-state index is 9.30. The molecule has 0 aliphatic carbocycles. The van der Waals surface area contributed by atoms with Gasteiger partial charge >= 0.3 is 6.01 Å². The van der Waals surface area contributed by atoms with Gasteiger partial charge in [-0.05, 0) is 0 Å². The maximum atomic E-state index is 9.30. The summed E-state index contributed by atoms with van der Waals surface area (Å²) < 4.78 is 0. The fourth-order valence-corrected chi connectivity index (χ4v) is 2.30. The summed E-state index contributed by atoms with van der Waals surface area (Å²) in [7, 11) is 0. The molecule has 4 nitrogen and oxygen atoms in total. The van der Waals surface area contributed by atoms with Crippen LogP contribution in [0.3, 0.4) is 0 Å². The molecule has 0 amide bonds. The van der Waals surface area contributed by atoms with Crippen molar-refractivity contribution in [3.8, 4) is 11.9 Å². The predicted molar refractivity (Wildman–Crippen MR) is 44.4 cm³/mol. The Hall–Kier alpha value is -0.970. The van der Waals surface area contributed by atoms with Crippen LogP contribution in [0.4, 0.5) is 0 Å². The zero-order valence-corrected chi connectivity index (χ0v) is 7.30. The van der Waals surface area contributed by atoms with Gasteiger partial charge in [-0.2, -0.15) is 9.97 Å². The molecule has 64 valence electrons. The Balaban J connectivity index is 2.52. The van der Waals surface area contributed by atoms with E-state index in [1.54, 1.807) is 11.8 Å². The van der Waals surface area contributed by atoms with Crippen molar-refractivity contribution in [2.75, 3.05) is 0 Å². The Labute approximate surface area is 73.7 Å². The van der Waals surface area contributed by atoms with Gasteiger partial charge in [-0.1, -0.05) is 6.92 Å². The number of hydrogen-bond donors (Lipinski definition) is 2. The molecule has 2 N–H and O–H groups in total. The van der Waals surface area contributed by atoms with Gasteiger partial charge in [0.2, 0.25) is 5.88 Å². The maximum Gasteiger partial charge on any atom is 0.317 e. The second-order valence-corrected chi connectivity index (χ2v) is 4.20. The van der Waals surface area contributed by atoms with E-state index in [0.29, 0.717) is 10.1 Å². The second-order valence-electron chi connectivity index (χ2n) is 2.76. The fraction of sp³-hybridized carbons (Fsp3) is 0.429. The number of aromatic nitrogens is 2. The summed E-state index contributed by atoms with van der Waals surface area (Å²) in [4.78, 5) is 8.00. The van der Waals surface area contributed by atoms with Gasteiger partial charge in [-0.3, -0.25) is 0 Å². The Kier molecular flexibility index (Phi) is 1.61. The van der Waals surface area contributed by atoms with E-state index in [1.807, 2.05) is 6.92 Å². The van der Waals surface area contributed by atoms with Crippen molar-refractivity contribution >= 4 is 11.8 Å². The average molecular weight is 184 g/mol. The number of thioether (sulfide) groups is 1. The van der Waals surface area contributed by atoms with Gasteiger partial charge in [0.15, 0.2) is 0 Å². The van der Waals surface area contributed by atoms with Crippen LogP contribution in [0.2, 0.25) is 0 Å². The van der Waals surface area contributed by atoms with E-state index in [9.17, 15) is 5.11 Å². The number of fused-ring (bicyclic) bond motifs is 1. The van der Waals surface area contributed by atoms with Crippen molar-refractivity contribution in [2.24, 2.45) is 0 Å². The molecule has 0 fully saturated rings. The highest BCUT2D eigenvalue weighted by atomic mass is 32.2. The smallest absolute Gasteiger partial charge is 0.317 e. The van der Waals surface area contributed by atoms with Crippen LogP contribution in [0.1, 0.15) is 12.6 Å². The first-order valence-electron chi connectivity index (χ1n) is 3.62. The third kappa shape index (κ3) is 1.10. The first-order valence-corrected chi connectivity index (χ1v) is 4.50. The molecule has 2 heterocycles. The van der Waals surface area contributed by atoms with E-state index in [2.05, 4.69) is 9.97 Å². The molecule has 1 aromatic rings. The van der Waals surface area contributed by atoms with Crippen LogP contribution in [0.15, 0.2) is 4.90 Å². The molecule has 1 aliphatic heterocycles. The predicted octanol–water partition coefficient (Wildman–Crippen LogP) is 0.924. The van der Waals surface area contributed by atoms with Crippen molar-refractivity contribution in [3.05, 3.63) is 5.69 Å². The summed E-state index contributed by atoms with van der Waals surface area (Å²) in [5.41, 5.74) is 0.748. The van der Waals surface area contributed by atoms with Crippen molar-refractivity contribution in [2.45, 2.75) is 23.5 Å². The van der Waals surface area contributed by atoms with Crippen LogP contribution in [-0.2, 0) is 6.42 Å². The summed E-state index contributed by atoms with van der Waals surface area (Å²) >= 11 is 1.54. The molecule has 1 unspecified atom stereocenters. The summed E-state index contributed by atoms with van der Waals surface area (Å²) in [5.74, 6) is -0.105. The highest BCUT2D eigenvalue weighted by Crippen LogP contribution is 2.40. The van der Waals surface area contributed by atoms with E-state index in [-0.39, 0.29) is 11.9 Å². The fourth-order valence-electron chi connectivity index (χ4n) is 1.25. The minimum Gasteiger partial charge on any atom is -0.492 e. The Morgan fingerprint density at radius 3 is 2.92 bits per heavy atom. The minimum absolute atomic E-state index is 0.105. The monoisotopic (exact) mass is 184 g/mol. The van der Waals surface area contributed by atoms with Crippen LogP contribution in [0.5, 0.6) is 11.9 Å². The topological polar surface area (TPSA) is 66.2 Å². The number of nitrogens with zero attached hydrogens (tertiary/aromatic N) is 2. The van der Waals surface area contributed by atoms with Crippen molar-refractivity contribution in [1.82, 2.24) is 9.97 Å². The molecule has 5 heteroatoms. The van der Waals surface area contributed by atoms with Crippen LogP contribution in [0.25, 0.3) is 0 Å². The average Bonchev–Trinajstić information content (AvgIpc) is 2.29.